The first-order chi connectivity index (χ1) is 9.73. The van der Waals surface area contributed by atoms with Crippen LogP contribution in [0.1, 0.15) is 34.6 Å². The van der Waals surface area contributed by atoms with Crippen molar-refractivity contribution in [3.05, 3.63) is 0 Å². The highest BCUT2D eigenvalue weighted by atomic mass is 16.7. The van der Waals surface area contributed by atoms with E-state index in [1.54, 1.807) is 13.8 Å². The van der Waals surface area contributed by atoms with E-state index in [0.29, 0.717) is 0 Å². The molecule has 3 N–H and O–H groups in total. The van der Waals surface area contributed by atoms with Gasteiger partial charge in [0, 0.05) is 11.8 Å². The molecule has 2 fully saturated rings. The minimum atomic E-state index is -0.922. The van der Waals surface area contributed by atoms with E-state index in [1.165, 1.54) is 0 Å². The average molecular weight is 304 g/mol. The standard InChI is InChI=1S/C15H28O6/c1-6-8(3)19-10(5)13(18)14(6)21-15-7(2)11(16)12(17)9(4)20-15/h6-18H,1-5H3. The van der Waals surface area contributed by atoms with Crippen LogP contribution < -0.4 is 0 Å². The second-order valence-electron chi connectivity index (χ2n) is 6.55. The molecular weight excluding hydrogens is 276 g/mol. The summed E-state index contributed by atoms with van der Waals surface area (Å²) < 4.78 is 17.3. The Labute approximate surface area is 126 Å². The molecule has 0 radical (unpaired) electrons. The smallest absolute Gasteiger partial charge is 0.163 e. The van der Waals surface area contributed by atoms with Crippen molar-refractivity contribution < 1.29 is 29.5 Å². The normalized spacial score (nSPS) is 55.4. The topological polar surface area (TPSA) is 88.4 Å². The maximum Gasteiger partial charge on any atom is 0.163 e. The van der Waals surface area contributed by atoms with E-state index in [4.69, 9.17) is 14.2 Å². The van der Waals surface area contributed by atoms with Crippen LogP contribution in [0.25, 0.3) is 0 Å². The minimum absolute atomic E-state index is 0.00583. The Kier molecular flexibility index (Phi) is 5.28. The first kappa shape index (κ1) is 17.1. The lowest BCUT2D eigenvalue weighted by atomic mass is 9.88. The summed E-state index contributed by atoms with van der Waals surface area (Å²) >= 11 is 0. The molecule has 2 rings (SSSR count). The van der Waals surface area contributed by atoms with Gasteiger partial charge in [-0.1, -0.05) is 13.8 Å². The Bertz CT molecular complexity index is 337. The van der Waals surface area contributed by atoms with Crippen molar-refractivity contribution in [3.8, 4) is 0 Å². The summed E-state index contributed by atoms with van der Waals surface area (Å²) in [7, 11) is 0. The van der Waals surface area contributed by atoms with Gasteiger partial charge in [0.25, 0.3) is 0 Å². The van der Waals surface area contributed by atoms with Crippen molar-refractivity contribution in [3.63, 3.8) is 0 Å². The van der Waals surface area contributed by atoms with Crippen LogP contribution in [-0.2, 0) is 14.2 Å². The van der Waals surface area contributed by atoms with Gasteiger partial charge in [-0.15, -0.1) is 0 Å². The van der Waals surface area contributed by atoms with E-state index in [9.17, 15) is 15.3 Å². The molecule has 21 heavy (non-hydrogen) atoms. The fraction of sp³-hybridized carbons (Fsp3) is 1.00. The highest BCUT2D eigenvalue weighted by molar-refractivity contribution is 4.91. The van der Waals surface area contributed by atoms with Gasteiger partial charge in [-0.05, 0) is 20.8 Å². The molecule has 0 amide bonds. The lowest BCUT2D eigenvalue weighted by Gasteiger charge is -2.46. The highest BCUT2D eigenvalue weighted by Crippen LogP contribution is 2.33. The molecule has 0 aromatic heterocycles. The molecule has 0 bridgehead atoms. The number of ether oxygens (including phenoxy) is 3. The fourth-order valence-electron chi connectivity index (χ4n) is 3.07. The molecular formula is C15H28O6. The van der Waals surface area contributed by atoms with E-state index in [2.05, 4.69) is 0 Å². The molecule has 10 unspecified atom stereocenters. The first-order valence-electron chi connectivity index (χ1n) is 7.74. The van der Waals surface area contributed by atoms with Crippen LogP contribution in [0, 0.1) is 11.8 Å². The predicted octanol–water partition coefficient (Wildman–Crippen LogP) is 0.278. The van der Waals surface area contributed by atoms with Crippen molar-refractivity contribution >= 4 is 0 Å². The van der Waals surface area contributed by atoms with Gasteiger partial charge in [-0.3, -0.25) is 0 Å². The van der Waals surface area contributed by atoms with Crippen LogP contribution in [0.2, 0.25) is 0 Å². The summed E-state index contributed by atoms with van der Waals surface area (Å²) in [6.07, 6.45) is -4.50. The SMILES string of the molecule is CC1OC(C)C(O)C(OC2OC(C)C(O)C(O)C2C)C1C. The molecule has 2 saturated heterocycles. The largest absolute Gasteiger partial charge is 0.390 e. The third kappa shape index (κ3) is 3.25. The molecule has 2 aliphatic rings. The molecule has 0 spiro atoms. The summed E-state index contributed by atoms with van der Waals surface area (Å²) in [5.74, 6) is -0.365. The Hall–Kier alpha value is -0.240. The van der Waals surface area contributed by atoms with E-state index in [0.717, 1.165) is 0 Å². The third-order valence-electron chi connectivity index (χ3n) is 4.94. The highest BCUT2D eigenvalue weighted by Gasteiger charge is 2.46. The van der Waals surface area contributed by atoms with Gasteiger partial charge in [0.1, 0.15) is 12.2 Å². The number of rotatable bonds is 2. The maximum atomic E-state index is 10.3. The van der Waals surface area contributed by atoms with Crippen molar-refractivity contribution in [2.24, 2.45) is 11.8 Å². The molecule has 0 aromatic rings. The van der Waals surface area contributed by atoms with Crippen LogP contribution in [0.15, 0.2) is 0 Å². The fourth-order valence-corrected chi connectivity index (χ4v) is 3.07. The van der Waals surface area contributed by atoms with Crippen molar-refractivity contribution in [1.82, 2.24) is 0 Å². The number of aliphatic hydroxyl groups is 3. The zero-order chi connectivity index (χ0) is 15.9. The summed E-state index contributed by atoms with van der Waals surface area (Å²) in [6.45, 7) is 9.21. The van der Waals surface area contributed by atoms with Gasteiger partial charge in [0.05, 0.1) is 30.5 Å². The Morgan fingerprint density at radius 1 is 0.667 bits per heavy atom. The van der Waals surface area contributed by atoms with E-state index in [1.807, 2.05) is 20.8 Å². The van der Waals surface area contributed by atoms with Gasteiger partial charge in [-0.2, -0.15) is 0 Å². The first-order valence-corrected chi connectivity index (χ1v) is 7.74. The van der Waals surface area contributed by atoms with Crippen LogP contribution in [0.5, 0.6) is 0 Å². The molecule has 0 aromatic carbocycles. The molecule has 0 aliphatic carbocycles. The summed E-state index contributed by atoms with van der Waals surface area (Å²) in [6, 6.07) is 0. The van der Waals surface area contributed by atoms with Crippen molar-refractivity contribution in [2.75, 3.05) is 0 Å². The second kappa shape index (κ2) is 6.48. The number of hydrogen-bond donors (Lipinski definition) is 3. The zero-order valence-electron chi connectivity index (χ0n) is 13.3. The van der Waals surface area contributed by atoms with Crippen molar-refractivity contribution in [1.29, 1.82) is 0 Å². The monoisotopic (exact) mass is 304 g/mol. The van der Waals surface area contributed by atoms with Gasteiger partial charge >= 0.3 is 0 Å². The third-order valence-corrected chi connectivity index (χ3v) is 4.94. The molecule has 2 heterocycles. The average Bonchev–Trinajstić information content (AvgIpc) is 2.44. The number of hydrogen-bond acceptors (Lipinski definition) is 6. The zero-order valence-corrected chi connectivity index (χ0v) is 13.3. The maximum absolute atomic E-state index is 10.3. The van der Waals surface area contributed by atoms with Crippen LogP contribution in [-0.4, -0.2) is 64.3 Å². The summed E-state index contributed by atoms with van der Waals surface area (Å²) in [4.78, 5) is 0. The Balaban J connectivity index is 2.08. The lowest BCUT2D eigenvalue weighted by molar-refractivity contribution is -0.315. The Morgan fingerprint density at radius 2 is 1.24 bits per heavy atom. The quantitative estimate of drug-likeness (QED) is 0.679. The molecule has 124 valence electrons. The number of aliphatic hydroxyl groups excluding tert-OH is 3. The van der Waals surface area contributed by atoms with Gasteiger partial charge in [0.2, 0.25) is 0 Å². The van der Waals surface area contributed by atoms with E-state index >= 15 is 0 Å². The lowest BCUT2D eigenvalue weighted by Crippen LogP contribution is -2.58. The van der Waals surface area contributed by atoms with Gasteiger partial charge in [0.15, 0.2) is 6.29 Å². The molecule has 6 heteroatoms. The second-order valence-corrected chi connectivity index (χ2v) is 6.55. The van der Waals surface area contributed by atoms with E-state index in [-0.39, 0.29) is 24.0 Å². The predicted molar refractivity (Wildman–Crippen MR) is 75.6 cm³/mol. The van der Waals surface area contributed by atoms with Crippen LogP contribution in [0.4, 0.5) is 0 Å². The molecule has 10 atom stereocenters. The van der Waals surface area contributed by atoms with Crippen molar-refractivity contribution in [2.45, 2.75) is 83.6 Å². The van der Waals surface area contributed by atoms with Crippen LogP contribution >= 0.6 is 0 Å². The summed E-state index contributed by atoms with van der Waals surface area (Å²) in [5, 5.41) is 30.2. The summed E-state index contributed by atoms with van der Waals surface area (Å²) in [5.41, 5.74) is 0. The molecule has 0 saturated carbocycles. The van der Waals surface area contributed by atoms with Gasteiger partial charge in [-0.25, -0.2) is 0 Å². The van der Waals surface area contributed by atoms with E-state index < -0.39 is 36.8 Å². The molecule has 2 aliphatic heterocycles. The molecule has 6 nitrogen and oxygen atoms in total. The minimum Gasteiger partial charge on any atom is -0.390 e. The van der Waals surface area contributed by atoms with Gasteiger partial charge < -0.3 is 29.5 Å². The Morgan fingerprint density at radius 3 is 1.86 bits per heavy atom. The van der Waals surface area contributed by atoms with Crippen LogP contribution in [0.3, 0.4) is 0 Å².